The summed E-state index contributed by atoms with van der Waals surface area (Å²) in [6.07, 6.45) is 0.307. The number of anilines is 1. The molecule has 0 bridgehead atoms. The minimum Gasteiger partial charge on any atom is -0.487 e. The molecule has 2 aromatic rings. The number of ether oxygens (including phenoxy) is 1. The van der Waals surface area contributed by atoms with Gasteiger partial charge in [-0.25, -0.2) is 0 Å². The third-order valence-electron chi connectivity index (χ3n) is 4.35. The molecule has 0 aliphatic carbocycles. The summed E-state index contributed by atoms with van der Waals surface area (Å²) < 4.78 is 5.83. The van der Waals surface area contributed by atoms with Crippen LogP contribution in [0.25, 0.3) is 0 Å². The lowest BCUT2D eigenvalue weighted by atomic mass is 9.92. The molecule has 1 heterocycles. The predicted octanol–water partition coefficient (Wildman–Crippen LogP) is 4.81. The summed E-state index contributed by atoms with van der Waals surface area (Å²) in [5.74, 6) is 0.750. The van der Waals surface area contributed by atoms with Gasteiger partial charge in [0.15, 0.2) is 5.78 Å². The van der Waals surface area contributed by atoms with E-state index in [1.54, 1.807) is 18.2 Å². The van der Waals surface area contributed by atoms with Crippen LogP contribution in [0, 0.1) is 0 Å². The van der Waals surface area contributed by atoms with Gasteiger partial charge in [-0.2, -0.15) is 0 Å². The smallest absolute Gasteiger partial charge is 0.255 e. The molecule has 1 aliphatic rings. The van der Waals surface area contributed by atoms with Gasteiger partial charge in [0.05, 0.1) is 12.0 Å². The number of hydrogen-bond acceptors (Lipinski definition) is 3. The quantitative estimate of drug-likeness (QED) is 0.875. The Labute approximate surface area is 148 Å². The number of benzene rings is 2. The van der Waals surface area contributed by atoms with Gasteiger partial charge < -0.3 is 10.1 Å². The van der Waals surface area contributed by atoms with Crippen LogP contribution in [0.4, 0.5) is 5.69 Å². The summed E-state index contributed by atoms with van der Waals surface area (Å²) in [7, 11) is 0. The van der Waals surface area contributed by atoms with E-state index in [0.717, 1.165) is 5.69 Å². The molecule has 130 valence electrons. The van der Waals surface area contributed by atoms with E-state index < -0.39 is 5.60 Å². The molecule has 1 aliphatic heterocycles. The number of amides is 1. The first-order valence-electron chi connectivity index (χ1n) is 8.53. The van der Waals surface area contributed by atoms with Crippen molar-refractivity contribution in [3.63, 3.8) is 0 Å². The van der Waals surface area contributed by atoms with Crippen LogP contribution < -0.4 is 10.1 Å². The average molecular weight is 337 g/mol. The number of rotatable bonds is 3. The van der Waals surface area contributed by atoms with Crippen molar-refractivity contribution in [3.8, 4) is 5.75 Å². The summed E-state index contributed by atoms with van der Waals surface area (Å²) in [6, 6.07) is 12.8. The Morgan fingerprint density at radius 2 is 1.80 bits per heavy atom. The molecular weight excluding hydrogens is 314 g/mol. The zero-order valence-corrected chi connectivity index (χ0v) is 15.1. The van der Waals surface area contributed by atoms with E-state index in [1.807, 2.05) is 38.1 Å². The van der Waals surface area contributed by atoms with Gasteiger partial charge in [-0.15, -0.1) is 0 Å². The molecule has 4 heteroatoms. The first kappa shape index (κ1) is 17.2. The third kappa shape index (κ3) is 3.73. The second-order valence-electron chi connectivity index (χ2n) is 7.40. The van der Waals surface area contributed by atoms with Crippen LogP contribution in [-0.4, -0.2) is 17.3 Å². The number of carbonyl (C=O) groups is 2. The van der Waals surface area contributed by atoms with E-state index in [4.69, 9.17) is 4.74 Å². The molecule has 2 aromatic carbocycles. The van der Waals surface area contributed by atoms with Crippen LogP contribution in [0.2, 0.25) is 0 Å². The van der Waals surface area contributed by atoms with Crippen molar-refractivity contribution in [2.24, 2.45) is 0 Å². The number of ketones is 1. The highest BCUT2D eigenvalue weighted by Gasteiger charge is 2.32. The summed E-state index contributed by atoms with van der Waals surface area (Å²) in [4.78, 5) is 24.8. The van der Waals surface area contributed by atoms with Crippen molar-refractivity contribution in [2.75, 3.05) is 5.32 Å². The Morgan fingerprint density at radius 1 is 1.12 bits per heavy atom. The Bertz CT molecular complexity index is 820. The monoisotopic (exact) mass is 337 g/mol. The van der Waals surface area contributed by atoms with Crippen LogP contribution in [0.15, 0.2) is 42.5 Å². The molecule has 3 rings (SSSR count). The van der Waals surface area contributed by atoms with Gasteiger partial charge in [0.2, 0.25) is 0 Å². The van der Waals surface area contributed by atoms with Crippen molar-refractivity contribution >= 4 is 17.4 Å². The van der Waals surface area contributed by atoms with Gasteiger partial charge in [-0.1, -0.05) is 26.0 Å². The van der Waals surface area contributed by atoms with Crippen molar-refractivity contribution in [2.45, 2.75) is 45.6 Å². The van der Waals surface area contributed by atoms with Gasteiger partial charge in [0.25, 0.3) is 5.91 Å². The highest BCUT2D eigenvalue weighted by Crippen LogP contribution is 2.33. The normalized spacial score (nSPS) is 15.5. The van der Waals surface area contributed by atoms with Crippen molar-refractivity contribution < 1.29 is 14.3 Å². The van der Waals surface area contributed by atoms with Crippen LogP contribution >= 0.6 is 0 Å². The molecule has 0 aromatic heterocycles. The van der Waals surface area contributed by atoms with Crippen molar-refractivity contribution in [1.29, 1.82) is 0 Å². The number of hydrogen-bond donors (Lipinski definition) is 1. The second-order valence-corrected chi connectivity index (χ2v) is 7.40. The van der Waals surface area contributed by atoms with Gasteiger partial charge in [-0.05, 0) is 55.7 Å². The summed E-state index contributed by atoms with van der Waals surface area (Å²) in [5, 5.41) is 2.87. The molecule has 0 atom stereocenters. The molecule has 25 heavy (non-hydrogen) atoms. The lowest BCUT2D eigenvalue weighted by Gasteiger charge is -2.31. The van der Waals surface area contributed by atoms with Gasteiger partial charge in [-0.3, -0.25) is 9.59 Å². The van der Waals surface area contributed by atoms with Crippen LogP contribution in [0.5, 0.6) is 5.75 Å². The predicted molar refractivity (Wildman–Crippen MR) is 98.6 cm³/mol. The summed E-state index contributed by atoms with van der Waals surface area (Å²) in [5.41, 5.74) is 2.37. The van der Waals surface area contributed by atoms with Crippen LogP contribution in [0.3, 0.4) is 0 Å². The van der Waals surface area contributed by atoms with E-state index in [0.29, 0.717) is 29.2 Å². The highest BCUT2D eigenvalue weighted by molar-refractivity contribution is 6.07. The minimum atomic E-state index is -0.508. The van der Waals surface area contributed by atoms with Gasteiger partial charge in [0.1, 0.15) is 11.4 Å². The number of fused-ring (bicyclic) bond motifs is 1. The van der Waals surface area contributed by atoms with Gasteiger partial charge >= 0.3 is 0 Å². The lowest BCUT2D eigenvalue weighted by Crippen LogP contribution is -2.36. The highest BCUT2D eigenvalue weighted by atomic mass is 16.5. The molecule has 0 spiro atoms. The van der Waals surface area contributed by atoms with Crippen molar-refractivity contribution in [3.05, 3.63) is 59.2 Å². The minimum absolute atomic E-state index is 0.00202. The van der Waals surface area contributed by atoms with Crippen LogP contribution in [0.1, 0.15) is 66.3 Å². The fraction of sp³-hybridized carbons (Fsp3) is 0.333. The first-order valence-corrected chi connectivity index (χ1v) is 8.53. The summed E-state index contributed by atoms with van der Waals surface area (Å²) in [6.45, 7) is 8.02. The molecular formula is C21H23NO3. The van der Waals surface area contributed by atoms with E-state index in [-0.39, 0.29) is 11.7 Å². The molecule has 0 saturated heterocycles. The van der Waals surface area contributed by atoms with E-state index in [1.165, 1.54) is 5.56 Å². The largest absolute Gasteiger partial charge is 0.487 e. The van der Waals surface area contributed by atoms with Crippen LogP contribution in [-0.2, 0) is 0 Å². The average Bonchev–Trinajstić information content (AvgIpc) is 2.54. The molecule has 0 saturated carbocycles. The van der Waals surface area contributed by atoms with E-state index in [2.05, 4.69) is 19.2 Å². The second kappa shape index (κ2) is 6.36. The third-order valence-corrected chi connectivity index (χ3v) is 4.35. The number of nitrogens with one attached hydrogen (secondary N) is 1. The molecule has 0 unspecified atom stereocenters. The molecule has 0 fully saturated rings. The lowest BCUT2D eigenvalue weighted by molar-refractivity contribution is 0.0620. The Hall–Kier alpha value is -2.62. The molecule has 1 N–H and O–H groups in total. The zero-order valence-electron chi connectivity index (χ0n) is 15.1. The maximum Gasteiger partial charge on any atom is 0.255 e. The number of carbonyl (C=O) groups excluding carboxylic acids is 2. The SMILES string of the molecule is CC(C)c1ccc(NC(=O)c2ccc3c(c2)C(=O)CC(C)(C)O3)cc1. The maximum atomic E-state index is 12.5. The Balaban J connectivity index is 1.79. The topological polar surface area (TPSA) is 55.4 Å². The van der Waals surface area contributed by atoms with Gasteiger partial charge in [0, 0.05) is 11.3 Å². The maximum absolute atomic E-state index is 12.5. The molecule has 0 radical (unpaired) electrons. The first-order chi connectivity index (χ1) is 11.7. The number of Topliss-reactive ketones (excluding diaryl/α,β-unsaturated/α-hetero) is 1. The standard InChI is InChI=1S/C21H23NO3/c1-13(2)14-5-8-16(9-6-14)22-20(24)15-7-10-19-17(11-15)18(23)12-21(3,4)25-19/h5-11,13H,12H2,1-4H3,(H,22,24). The van der Waals surface area contributed by atoms with E-state index in [9.17, 15) is 9.59 Å². The van der Waals surface area contributed by atoms with E-state index >= 15 is 0 Å². The van der Waals surface area contributed by atoms with Crippen molar-refractivity contribution in [1.82, 2.24) is 0 Å². The molecule has 4 nitrogen and oxygen atoms in total. The zero-order chi connectivity index (χ0) is 18.2. The fourth-order valence-electron chi connectivity index (χ4n) is 2.95. The molecule has 1 amide bonds. The summed E-state index contributed by atoms with van der Waals surface area (Å²) >= 11 is 0. The Kier molecular flexibility index (Phi) is 4.38. The Morgan fingerprint density at radius 3 is 2.44 bits per heavy atom. The fourth-order valence-corrected chi connectivity index (χ4v) is 2.95.